The maximum absolute atomic E-state index is 13.2. The molecule has 0 heterocycles. The van der Waals surface area contributed by atoms with Crippen molar-refractivity contribution in [3.8, 4) is 0 Å². The van der Waals surface area contributed by atoms with E-state index in [0.29, 0.717) is 12.5 Å². The van der Waals surface area contributed by atoms with E-state index in [1.165, 1.54) is 5.32 Å². The number of amides is 3. The zero-order valence-electron chi connectivity index (χ0n) is 12.6. The van der Waals surface area contributed by atoms with Gasteiger partial charge >= 0.3 is 12.3 Å². The van der Waals surface area contributed by atoms with Crippen molar-refractivity contribution in [1.82, 2.24) is 10.6 Å². The lowest BCUT2D eigenvalue weighted by Gasteiger charge is -2.30. The molecule has 0 saturated carbocycles. The zero-order valence-corrected chi connectivity index (χ0v) is 12.6. The van der Waals surface area contributed by atoms with Gasteiger partial charge in [-0.25, -0.2) is 4.79 Å². The van der Waals surface area contributed by atoms with Crippen molar-refractivity contribution in [3.05, 3.63) is 35.9 Å². The van der Waals surface area contributed by atoms with Gasteiger partial charge in [-0.1, -0.05) is 30.3 Å². The van der Waals surface area contributed by atoms with Crippen molar-refractivity contribution >= 4 is 17.9 Å². The van der Waals surface area contributed by atoms with Crippen LogP contribution in [0.5, 0.6) is 0 Å². The molecule has 1 rings (SSSR count). The Morgan fingerprint density at radius 2 is 1.75 bits per heavy atom. The molecule has 0 saturated heterocycles. The molecule has 24 heavy (non-hydrogen) atoms. The minimum absolute atomic E-state index is 0.274. The van der Waals surface area contributed by atoms with Gasteiger partial charge in [-0.15, -0.1) is 0 Å². The number of hydrogen-bond donors (Lipinski definition) is 3. The summed E-state index contributed by atoms with van der Waals surface area (Å²) in [5.74, 6) is -2.66. The minimum atomic E-state index is -5.12. The number of alkyl halides is 3. The number of alkyl carbamates (subject to hydrolysis) is 1. The highest BCUT2D eigenvalue weighted by molar-refractivity contribution is 5.92. The monoisotopic (exact) mass is 347 g/mol. The normalized spacial score (nSPS) is 13.5. The van der Waals surface area contributed by atoms with Crippen molar-refractivity contribution in [2.24, 2.45) is 5.73 Å². The van der Waals surface area contributed by atoms with Crippen LogP contribution in [0, 0.1) is 0 Å². The number of rotatable bonds is 6. The van der Waals surface area contributed by atoms with Gasteiger partial charge in [0.15, 0.2) is 0 Å². The molecule has 132 valence electrons. The van der Waals surface area contributed by atoms with E-state index >= 15 is 0 Å². The molecule has 0 aliphatic heterocycles. The van der Waals surface area contributed by atoms with Crippen molar-refractivity contribution in [3.63, 3.8) is 0 Å². The standard InChI is InChI=1S/C14H16F3N3O4/c1-13(14(15,16)17,11(22)19-7-10(18)21)20-12(23)24-8-9-5-3-2-4-6-9/h2-6H,7-8H2,1H3,(H2,18,21)(H,19,22)(H,20,23)/t13-/m1/s1. The van der Waals surface area contributed by atoms with Crippen LogP contribution >= 0.6 is 0 Å². The summed E-state index contributed by atoms with van der Waals surface area (Å²) in [7, 11) is 0. The molecule has 0 aliphatic rings. The fourth-order valence-corrected chi connectivity index (χ4v) is 1.56. The van der Waals surface area contributed by atoms with Crippen LogP contribution in [-0.2, 0) is 20.9 Å². The van der Waals surface area contributed by atoms with Gasteiger partial charge in [0, 0.05) is 0 Å². The van der Waals surface area contributed by atoms with E-state index in [4.69, 9.17) is 5.73 Å². The second-order valence-corrected chi connectivity index (χ2v) is 4.96. The summed E-state index contributed by atoms with van der Waals surface area (Å²) in [6, 6.07) is 8.25. The minimum Gasteiger partial charge on any atom is -0.445 e. The van der Waals surface area contributed by atoms with Gasteiger partial charge in [0.2, 0.25) is 11.4 Å². The number of halogens is 3. The molecule has 0 aliphatic carbocycles. The molecular formula is C14H16F3N3O4. The first-order valence-electron chi connectivity index (χ1n) is 6.68. The Morgan fingerprint density at radius 3 is 2.25 bits per heavy atom. The number of carbonyl (C=O) groups is 3. The highest BCUT2D eigenvalue weighted by atomic mass is 19.4. The smallest absolute Gasteiger partial charge is 0.420 e. The fraction of sp³-hybridized carbons (Fsp3) is 0.357. The molecule has 3 amide bonds. The summed E-state index contributed by atoms with van der Waals surface area (Å²) in [6.07, 6.45) is -6.56. The first-order chi connectivity index (χ1) is 11.1. The fourth-order valence-electron chi connectivity index (χ4n) is 1.56. The maximum Gasteiger partial charge on any atom is 0.420 e. The van der Waals surface area contributed by atoms with Gasteiger partial charge in [-0.2, -0.15) is 13.2 Å². The van der Waals surface area contributed by atoms with Gasteiger partial charge in [0.25, 0.3) is 5.91 Å². The van der Waals surface area contributed by atoms with E-state index in [0.717, 1.165) is 0 Å². The van der Waals surface area contributed by atoms with Crippen molar-refractivity contribution in [2.75, 3.05) is 6.54 Å². The van der Waals surface area contributed by atoms with Crippen LogP contribution in [0.1, 0.15) is 12.5 Å². The van der Waals surface area contributed by atoms with Crippen LogP contribution in [0.25, 0.3) is 0 Å². The van der Waals surface area contributed by atoms with E-state index in [9.17, 15) is 27.6 Å². The Bertz CT molecular complexity index is 607. The van der Waals surface area contributed by atoms with E-state index in [1.54, 1.807) is 35.6 Å². The number of benzene rings is 1. The lowest BCUT2D eigenvalue weighted by Crippen LogP contribution is -2.65. The van der Waals surface area contributed by atoms with Crippen LogP contribution in [0.15, 0.2) is 30.3 Å². The van der Waals surface area contributed by atoms with Crippen LogP contribution in [-0.4, -0.2) is 36.2 Å². The molecule has 0 fully saturated rings. The molecule has 0 aromatic heterocycles. The van der Waals surface area contributed by atoms with Crippen molar-refractivity contribution < 1.29 is 32.3 Å². The third-order valence-electron chi connectivity index (χ3n) is 3.01. The molecule has 0 radical (unpaired) electrons. The predicted octanol–water partition coefficient (Wildman–Crippen LogP) is 0.835. The molecule has 0 spiro atoms. The molecule has 1 aromatic rings. The first-order valence-corrected chi connectivity index (χ1v) is 6.68. The Hall–Kier alpha value is -2.78. The SMILES string of the molecule is C[C@@](NC(=O)OCc1ccccc1)(C(=O)NCC(N)=O)C(F)(F)F. The number of primary amides is 1. The summed E-state index contributed by atoms with van der Waals surface area (Å²) < 4.78 is 44.1. The topological polar surface area (TPSA) is 111 Å². The Morgan fingerprint density at radius 1 is 1.17 bits per heavy atom. The van der Waals surface area contributed by atoms with Gasteiger partial charge < -0.3 is 15.8 Å². The Balaban J connectivity index is 2.76. The summed E-state index contributed by atoms with van der Waals surface area (Å²) >= 11 is 0. The Labute approximate surface area is 135 Å². The third kappa shape index (κ3) is 5.14. The highest BCUT2D eigenvalue weighted by Crippen LogP contribution is 2.30. The summed E-state index contributed by atoms with van der Waals surface area (Å²) in [5.41, 5.74) is 2.03. The van der Waals surface area contributed by atoms with Gasteiger partial charge in [-0.05, 0) is 12.5 Å². The summed E-state index contributed by atoms with van der Waals surface area (Å²) in [5, 5.41) is 3.18. The number of hydrogen-bond acceptors (Lipinski definition) is 4. The lowest BCUT2D eigenvalue weighted by atomic mass is 10.0. The van der Waals surface area contributed by atoms with Crippen LogP contribution in [0.3, 0.4) is 0 Å². The molecule has 0 bridgehead atoms. The largest absolute Gasteiger partial charge is 0.445 e. The summed E-state index contributed by atoms with van der Waals surface area (Å²) in [6.45, 7) is -0.623. The third-order valence-corrected chi connectivity index (χ3v) is 3.01. The van der Waals surface area contributed by atoms with Gasteiger partial charge in [0.1, 0.15) is 6.61 Å². The molecular weight excluding hydrogens is 331 g/mol. The number of ether oxygens (including phenoxy) is 1. The number of nitrogens with two attached hydrogens (primary N) is 1. The van der Waals surface area contributed by atoms with Crippen LogP contribution in [0.2, 0.25) is 0 Å². The number of nitrogens with one attached hydrogen (secondary N) is 2. The molecule has 7 nitrogen and oxygen atoms in total. The van der Waals surface area contributed by atoms with E-state index in [1.807, 2.05) is 0 Å². The Kier molecular flexibility index (Phi) is 6.15. The van der Waals surface area contributed by atoms with Crippen LogP contribution < -0.4 is 16.4 Å². The quantitative estimate of drug-likeness (QED) is 0.708. The maximum atomic E-state index is 13.2. The summed E-state index contributed by atoms with van der Waals surface area (Å²) in [4.78, 5) is 33.9. The van der Waals surface area contributed by atoms with Gasteiger partial charge in [-0.3, -0.25) is 14.9 Å². The van der Waals surface area contributed by atoms with Crippen molar-refractivity contribution in [1.29, 1.82) is 0 Å². The lowest BCUT2D eigenvalue weighted by molar-refractivity contribution is -0.194. The number of carbonyl (C=O) groups excluding carboxylic acids is 3. The first kappa shape index (κ1) is 19.3. The van der Waals surface area contributed by atoms with Crippen LogP contribution in [0.4, 0.5) is 18.0 Å². The van der Waals surface area contributed by atoms with E-state index in [-0.39, 0.29) is 6.61 Å². The second-order valence-electron chi connectivity index (χ2n) is 4.96. The molecule has 4 N–H and O–H groups in total. The molecule has 10 heteroatoms. The molecule has 1 aromatic carbocycles. The second kappa shape index (κ2) is 7.66. The highest BCUT2D eigenvalue weighted by Gasteiger charge is 2.58. The van der Waals surface area contributed by atoms with Gasteiger partial charge in [0.05, 0.1) is 6.54 Å². The van der Waals surface area contributed by atoms with E-state index in [2.05, 4.69) is 4.74 Å². The average Bonchev–Trinajstić information content (AvgIpc) is 2.50. The average molecular weight is 347 g/mol. The molecule has 1 atom stereocenters. The van der Waals surface area contributed by atoms with E-state index < -0.39 is 36.2 Å². The predicted molar refractivity (Wildman–Crippen MR) is 76.4 cm³/mol. The molecule has 0 unspecified atom stereocenters. The van der Waals surface area contributed by atoms with Crippen molar-refractivity contribution in [2.45, 2.75) is 25.2 Å². The zero-order chi connectivity index (χ0) is 18.4.